The van der Waals surface area contributed by atoms with Gasteiger partial charge in [0.05, 0.1) is 12.2 Å². The summed E-state index contributed by atoms with van der Waals surface area (Å²) in [7, 11) is 0. The molecule has 1 aliphatic rings. The Labute approximate surface area is 149 Å². The van der Waals surface area contributed by atoms with Gasteiger partial charge in [-0.15, -0.1) is 0 Å². The third kappa shape index (κ3) is 5.46. The van der Waals surface area contributed by atoms with Crippen LogP contribution in [-0.4, -0.2) is 42.3 Å². The van der Waals surface area contributed by atoms with E-state index in [2.05, 4.69) is 17.6 Å². The summed E-state index contributed by atoms with van der Waals surface area (Å²) in [5, 5.41) is 14.9. The molecule has 0 heterocycles. The normalized spacial score (nSPS) is 21.2. The van der Waals surface area contributed by atoms with Crippen LogP contribution in [0.5, 0.6) is 0 Å². The predicted molar refractivity (Wildman–Crippen MR) is 96.5 cm³/mol. The van der Waals surface area contributed by atoms with Crippen LogP contribution in [0.3, 0.4) is 0 Å². The Morgan fingerprint density at radius 1 is 1.28 bits per heavy atom. The zero-order valence-electron chi connectivity index (χ0n) is 15.0. The molecule has 0 spiro atoms. The lowest BCUT2D eigenvalue weighted by Crippen LogP contribution is -2.46. The number of carbonyl (C=O) groups is 2. The first kappa shape index (κ1) is 19.2. The molecule has 138 valence electrons. The van der Waals surface area contributed by atoms with E-state index in [1.807, 2.05) is 0 Å². The molecule has 6 nitrogen and oxygen atoms in total. The number of hydrogen-bond acceptors (Lipinski definition) is 5. The molecule has 0 aliphatic heterocycles. The van der Waals surface area contributed by atoms with Gasteiger partial charge in [0.2, 0.25) is 0 Å². The minimum atomic E-state index is -0.854. The van der Waals surface area contributed by atoms with Crippen molar-refractivity contribution in [2.75, 3.05) is 18.5 Å². The number of nitrogens with one attached hydrogen (secondary N) is 2. The minimum absolute atomic E-state index is 0.0399. The van der Waals surface area contributed by atoms with Crippen molar-refractivity contribution in [3.63, 3.8) is 0 Å². The molecule has 3 atom stereocenters. The van der Waals surface area contributed by atoms with Crippen LogP contribution < -0.4 is 10.6 Å². The van der Waals surface area contributed by atoms with E-state index < -0.39 is 12.1 Å². The van der Waals surface area contributed by atoms with Gasteiger partial charge in [-0.05, 0) is 37.8 Å². The molecule has 0 saturated heterocycles. The van der Waals surface area contributed by atoms with Crippen molar-refractivity contribution in [2.24, 2.45) is 5.92 Å². The van der Waals surface area contributed by atoms with E-state index >= 15 is 0 Å². The molecule has 6 heteroatoms. The highest BCUT2D eigenvalue weighted by atomic mass is 16.5. The maximum Gasteiger partial charge on any atom is 0.341 e. The summed E-state index contributed by atoms with van der Waals surface area (Å²) in [4.78, 5) is 24.7. The number of aliphatic hydroxyl groups is 1. The zero-order valence-corrected chi connectivity index (χ0v) is 15.0. The largest absolute Gasteiger partial charge is 0.449 e. The average Bonchev–Trinajstić information content (AvgIpc) is 2.62. The maximum atomic E-state index is 12.4. The van der Waals surface area contributed by atoms with E-state index in [0.29, 0.717) is 23.7 Å². The Balaban J connectivity index is 1.94. The molecular weight excluding hydrogens is 320 g/mol. The van der Waals surface area contributed by atoms with Crippen LogP contribution in [0.1, 0.15) is 49.9 Å². The summed E-state index contributed by atoms with van der Waals surface area (Å²) in [5.41, 5.74) is 0.927. The zero-order chi connectivity index (χ0) is 18.2. The molecule has 0 radical (unpaired) electrons. The molecule has 1 saturated carbocycles. The highest BCUT2D eigenvalue weighted by Crippen LogP contribution is 2.24. The Hall–Kier alpha value is -2.08. The van der Waals surface area contributed by atoms with Crippen molar-refractivity contribution in [2.45, 2.75) is 51.7 Å². The van der Waals surface area contributed by atoms with Gasteiger partial charge in [-0.25, -0.2) is 4.79 Å². The van der Waals surface area contributed by atoms with Crippen molar-refractivity contribution >= 4 is 17.6 Å². The molecule has 1 amide bonds. The number of ether oxygens (including phenoxy) is 1. The van der Waals surface area contributed by atoms with Crippen LogP contribution in [0.25, 0.3) is 0 Å². The summed E-state index contributed by atoms with van der Waals surface area (Å²) in [6.07, 6.45) is 3.56. The van der Waals surface area contributed by atoms with Gasteiger partial charge < -0.3 is 20.5 Å². The molecule has 1 fully saturated rings. The van der Waals surface area contributed by atoms with Gasteiger partial charge in [0.15, 0.2) is 6.10 Å². The first-order chi connectivity index (χ1) is 12.0. The fourth-order valence-corrected chi connectivity index (χ4v) is 3.11. The molecule has 3 N–H and O–H groups in total. The van der Waals surface area contributed by atoms with Crippen molar-refractivity contribution in [3.8, 4) is 0 Å². The van der Waals surface area contributed by atoms with Gasteiger partial charge in [0, 0.05) is 18.3 Å². The van der Waals surface area contributed by atoms with E-state index in [-0.39, 0.29) is 18.6 Å². The fraction of sp³-hybridized carbons (Fsp3) is 0.579. The standard InChI is InChI=1S/C19H28N2O4/c1-13-7-3-5-9-16(13)21-18(23)14(2)25-19(24)15-8-4-6-10-17(15)20-11-12-22/h4,6,8,10,13-14,16,20,22H,3,5,7,9,11-12H2,1-2H3,(H,21,23)/t13-,14+,16-/m1/s1. The topological polar surface area (TPSA) is 87.7 Å². The van der Waals surface area contributed by atoms with Crippen molar-refractivity contribution in [1.82, 2.24) is 5.32 Å². The SMILES string of the molecule is C[C@H](OC(=O)c1ccccc1NCCO)C(=O)N[C@@H]1CCCC[C@H]1C. The summed E-state index contributed by atoms with van der Waals surface area (Å²) < 4.78 is 5.34. The van der Waals surface area contributed by atoms with Crippen LogP contribution in [0.15, 0.2) is 24.3 Å². The first-order valence-corrected chi connectivity index (χ1v) is 8.98. The Morgan fingerprint density at radius 2 is 2.00 bits per heavy atom. The Morgan fingerprint density at radius 3 is 2.72 bits per heavy atom. The van der Waals surface area contributed by atoms with E-state index in [0.717, 1.165) is 19.3 Å². The molecule has 0 aromatic heterocycles. The lowest BCUT2D eigenvalue weighted by molar-refractivity contribution is -0.130. The molecular formula is C19H28N2O4. The van der Waals surface area contributed by atoms with Gasteiger partial charge in [0.1, 0.15) is 0 Å². The molecule has 1 aromatic rings. The summed E-state index contributed by atoms with van der Waals surface area (Å²) >= 11 is 0. The number of esters is 1. The number of hydrogen-bond donors (Lipinski definition) is 3. The lowest BCUT2D eigenvalue weighted by atomic mass is 9.86. The summed E-state index contributed by atoms with van der Waals surface area (Å²) in [5.74, 6) is -0.364. The summed E-state index contributed by atoms with van der Waals surface area (Å²) in [6.45, 7) is 4.02. The molecule has 0 unspecified atom stereocenters. The number of anilines is 1. The first-order valence-electron chi connectivity index (χ1n) is 8.98. The summed E-state index contributed by atoms with van der Waals surface area (Å²) in [6, 6.07) is 7.05. The van der Waals surface area contributed by atoms with Gasteiger partial charge in [-0.3, -0.25) is 4.79 Å². The number of rotatable bonds is 7. The predicted octanol–water partition coefficient (Wildman–Crippen LogP) is 2.33. The number of carbonyl (C=O) groups excluding carboxylic acids is 2. The second-order valence-electron chi connectivity index (χ2n) is 6.62. The maximum absolute atomic E-state index is 12.4. The van der Waals surface area contributed by atoms with E-state index in [4.69, 9.17) is 9.84 Å². The number of aliphatic hydroxyl groups excluding tert-OH is 1. The van der Waals surface area contributed by atoms with E-state index in [9.17, 15) is 9.59 Å². The molecule has 2 rings (SSSR count). The van der Waals surface area contributed by atoms with Crippen LogP contribution in [0.4, 0.5) is 5.69 Å². The monoisotopic (exact) mass is 348 g/mol. The van der Waals surface area contributed by atoms with E-state index in [1.54, 1.807) is 31.2 Å². The molecule has 1 aromatic carbocycles. The third-order valence-corrected chi connectivity index (χ3v) is 4.67. The average molecular weight is 348 g/mol. The van der Waals surface area contributed by atoms with Crippen molar-refractivity contribution in [1.29, 1.82) is 0 Å². The highest BCUT2D eigenvalue weighted by Gasteiger charge is 2.27. The van der Waals surface area contributed by atoms with Crippen molar-refractivity contribution < 1.29 is 19.4 Å². The Kier molecular flexibility index (Phi) is 7.25. The van der Waals surface area contributed by atoms with Gasteiger partial charge in [0.25, 0.3) is 5.91 Å². The van der Waals surface area contributed by atoms with Crippen LogP contribution in [0.2, 0.25) is 0 Å². The van der Waals surface area contributed by atoms with Crippen LogP contribution in [0, 0.1) is 5.92 Å². The quantitative estimate of drug-likeness (QED) is 0.658. The van der Waals surface area contributed by atoms with Gasteiger partial charge in [-0.2, -0.15) is 0 Å². The van der Waals surface area contributed by atoms with E-state index in [1.165, 1.54) is 6.42 Å². The number of benzene rings is 1. The fourth-order valence-electron chi connectivity index (χ4n) is 3.11. The molecule has 25 heavy (non-hydrogen) atoms. The minimum Gasteiger partial charge on any atom is -0.449 e. The lowest BCUT2D eigenvalue weighted by Gasteiger charge is -2.30. The second-order valence-corrected chi connectivity index (χ2v) is 6.62. The highest BCUT2D eigenvalue weighted by molar-refractivity contribution is 5.97. The molecule has 0 bridgehead atoms. The smallest absolute Gasteiger partial charge is 0.341 e. The van der Waals surface area contributed by atoms with Crippen molar-refractivity contribution in [3.05, 3.63) is 29.8 Å². The second kappa shape index (κ2) is 9.42. The Bertz CT molecular complexity index is 591. The van der Waals surface area contributed by atoms with Gasteiger partial charge in [-0.1, -0.05) is 31.9 Å². The molecule has 1 aliphatic carbocycles. The third-order valence-electron chi connectivity index (χ3n) is 4.67. The number of amides is 1. The van der Waals surface area contributed by atoms with Gasteiger partial charge >= 0.3 is 5.97 Å². The van der Waals surface area contributed by atoms with Crippen LogP contribution >= 0.6 is 0 Å². The van der Waals surface area contributed by atoms with Crippen LogP contribution in [-0.2, 0) is 9.53 Å². The number of para-hydroxylation sites is 1.